The van der Waals surface area contributed by atoms with Crippen molar-refractivity contribution in [3.05, 3.63) is 35.4 Å². The maximum Gasteiger partial charge on any atom is 0.251 e. The fraction of sp³-hybridized carbons (Fsp3) is 0.357. The van der Waals surface area contributed by atoms with Gasteiger partial charge in [0, 0.05) is 18.0 Å². The Hall–Kier alpha value is -1.79. The maximum absolute atomic E-state index is 11.8. The molecule has 0 aliphatic carbocycles. The van der Waals surface area contributed by atoms with Crippen LogP contribution in [-0.4, -0.2) is 18.5 Å². The van der Waals surface area contributed by atoms with E-state index in [1.165, 1.54) is 0 Å². The zero-order valence-corrected chi connectivity index (χ0v) is 10.1. The molecule has 3 nitrogen and oxygen atoms in total. The van der Waals surface area contributed by atoms with E-state index in [1.807, 2.05) is 31.2 Å². The molecule has 0 saturated heterocycles. The summed E-state index contributed by atoms with van der Waals surface area (Å²) in [6, 6.07) is 7.46. The van der Waals surface area contributed by atoms with Gasteiger partial charge in [-0.15, -0.1) is 12.3 Å². The third-order valence-electron chi connectivity index (χ3n) is 2.45. The molecule has 1 aromatic rings. The van der Waals surface area contributed by atoms with Gasteiger partial charge in [0.05, 0.1) is 0 Å². The molecule has 1 atom stereocenters. The number of amides is 1. The zero-order chi connectivity index (χ0) is 12.7. The van der Waals surface area contributed by atoms with E-state index >= 15 is 0 Å². The number of carbonyl (C=O) groups is 1. The summed E-state index contributed by atoms with van der Waals surface area (Å²) in [7, 11) is 0. The summed E-state index contributed by atoms with van der Waals surface area (Å²) in [6.07, 6.45) is 6.55. The van der Waals surface area contributed by atoms with Gasteiger partial charge in [-0.05, 0) is 37.6 Å². The lowest BCUT2D eigenvalue weighted by Gasteiger charge is -2.11. The van der Waals surface area contributed by atoms with E-state index in [4.69, 9.17) is 12.2 Å². The van der Waals surface area contributed by atoms with Crippen LogP contribution < -0.4 is 11.1 Å². The van der Waals surface area contributed by atoms with Gasteiger partial charge in [-0.25, -0.2) is 0 Å². The van der Waals surface area contributed by atoms with E-state index in [0.29, 0.717) is 18.5 Å². The standard InChI is InChI=1S/C14H18N2O/c1-3-4-11(2)16-14(17)13-7-5-12(6-8-13)9-10-15/h1,5-8,11H,4,9-10,15H2,2H3,(H,16,17). The highest BCUT2D eigenvalue weighted by Crippen LogP contribution is 2.05. The number of nitrogens with one attached hydrogen (secondary N) is 1. The first-order valence-corrected chi connectivity index (χ1v) is 5.70. The minimum Gasteiger partial charge on any atom is -0.349 e. The van der Waals surface area contributed by atoms with Crippen molar-refractivity contribution in [2.24, 2.45) is 5.73 Å². The van der Waals surface area contributed by atoms with Crippen molar-refractivity contribution in [3.8, 4) is 12.3 Å². The van der Waals surface area contributed by atoms with Crippen molar-refractivity contribution in [1.82, 2.24) is 5.32 Å². The summed E-state index contributed by atoms with van der Waals surface area (Å²) < 4.78 is 0. The van der Waals surface area contributed by atoms with E-state index in [9.17, 15) is 4.79 Å². The van der Waals surface area contributed by atoms with E-state index in [1.54, 1.807) is 0 Å². The molecule has 3 heteroatoms. The molecule has 0 bridgehead atoms. The molecule has 0 fully saturated rings. The molecule has 90 valence electrons. The van der Waals surface area contributed by atoms with Crippen LogP contribution in [0, 0.1) is 12.3 Å². The van der Waals surface area contributed by atoms with Crippen LogP contribution in [0.2, 0.25) is 0 Å². The highest BCUT2D eigenvalue weighted by atomic mass is 16.1. The number of carbonyl (C=O) groups excluding carboxylic acids is 1. The summed E-state index contributed by atoms with van der Waals surface area (Å²) in [6.45, 7) is 2.51. The fourth-order valence-corrected chi connectivity index (χ4v) is 1.52. The first-order valence-electron chi connectivity index (χ1n) is 5.70. The molecule has 1 rings (SSSR count). The number of benzene rings is 1. The van der Waals surface area contributed by atoms with Gasteiger partial charge in [0.15, 0.2) is 0 Å². The smallest absolute Gasteiger partial charge is 0.251 e. The summed E-state index contributed by atoms with van der Waals surface area (Å²) in [4.78, 5) is 11.8. The lowest BCUT2D eigenvalue weighted by Crippen LogP contribution is -2.32. The average Bonchev–Trinajstić information content (AvgIpc) is 2.30. The molecule has 0 aliphatic heterocycles. The van der Waals surface area contributed by atoms with Gasteiger partial charge in [0.25, 0.3) is 5.91 Å². The first kappa shape index (κ1) is 13.3. The number of terminal acetylenes is 1. The second-order valence-corrected chi connectivity index (χ2v) is 4.02. The van der Waals surface area contributed by atoms with Crippen LogP contribution in [0.1, 0.15) is 29.3 Å². The second kappa shape index (κ2) is 6.72. The number of hydrogen-bond acceptors (Lipinski definition) is 2. The van der Waals surface area contributed by atoms with Crippen LogP contribution in [-0.2, 0) is 6.42 Å². The minimum atomic E-state index is -0.0907. The van der Waals surface area contributed by atoms with Gasteiger partial charge < -0.3 is 11.1 Å². The van der Waals surface area contributed by atoms with Crippen molar-refractivity contribution in [3.63, 3.8) is 0 Å². The number of hydrogen-bond donors (Lipinski definition) is 2. The van der Waals surface area contributed by atoms with Crippen molar-refractivity contribution >= 4 is 5.91 Å². The quantitative estimate of drug-likeness (QED) is 0.750. The molecule has 0 aromatic heterocycles. The highest BCUT2D eigenvalue weighted by Gasteiger charge is 2.08. The molecule has 0 radical (unpaired) electrons. The Morgan fingerprint density at radius 2 is 2.12 bits per heavy atom. The molecule has 1 aromatic carbocycles. The molecule has 0 spiro atoms. The summed E-state index contributed by atoms with van der Waals surface area (Å²) in [5.41, 5.74) is 7.25. The minimum absolute atomic E-state index is 0.00350. The van der Waals surface area contributed by atoms with Crippen molar-refractivity contribution in [2.45, 2.75) is 25.8 Å². The van der Waals surface area contributed by atoms with Crippen LogP contribution in [0.4, 0.5) is 0 Å². The predicted molar refractivity (Wildman–Crippen MR) is 69.6 cm³/mol. The Morgan fingerprint density at radius 1 is 1.47 bits per heavy atom. The molecule has 0 heterocycles. The van der Waals surface area contributed by atoms with Crippen molar-refractivity contribution in [1.29, 1.82) is 0 Å². The lowest BCUT2D eigenvalue weighted by atomic mass is 10.1. The predicted octanol–water partition coefficient (Wildman–Crippen LogP) is 1.33. The molecule has 3 N–H and O–H groups in total. The third-order valence-corrected chi connectivity index (χ3v) is 2.45. The molecule has 0 saturated carbocycles. The van der Waals surface area contributed by atoms with Gasteiger partial charge in [-0.3, -0.25) is 4.79 Å². The van der Waals surface area contributed by atoms with Gasteiger partial charge in [0.1, 0.15) is 0 Å². The maximum atomic E-state index is 11.8. The largest absolute Gasteiger partial charge is 0.349 e. The van der Waals surface area contributed by atoms with Crippen LogP contribution in [0.15, 0.2) is 24.3 Å². The van der Waals surface area contributed by atoms with Gasteiger partial charge >= 0.3 is 0 Å². The lowest BCUT2D eigenvalue weighted by molar-refractivity contribution is 0.0941. The molecular formula is C14H18N2O. The molecule has 0 aliphatic rings. The zero-order valence-electron chi connectivity index (χ0n) is 10.1. The Balaban J connectivity index is 2.61. The summed E-state index contributed by atoms with van der Waals surface area (Å²) >= 11 is 0. The van der Waals surface area contributed by atoms with Crippen LogP contribution in [0.3, 0.4) is 0 Å². The second-order valence-electron chi connectivity index (χ2n) is 4.02. The van der Waals surface area contributed by atoms with Crippen molar-refractivity contribution < 1.29 is 4.79 Å². The number of nitrogens with two attached hydrogens (primary N) is 1. The Kier molecular flexibility index (Phi) is 5.25. The Morgan fingerprint density at radius 3 is 2.65 bits per heavy atom. The van der Waals surface area contributed by atoms with E-state index in [2.05, 4.69) is 11.2 Å². The van der Waals surface area contributed by atoms with Crippen LogP contribution in [0.5, 0.6) is 0 Å². The fourth-order valence-electron chi connectivity index (χ4n) is 1.52. The number of rotatable bonds is 5. The van der Waals surface area contributed by atoms with E-state index in [0.717, 1.165) is 12.0 Å². The highest BCUT2D eigenvalue weighted by molar-refractivity contribution is 5.94. The van der Waals surface area contributed by atoms with E-state index in [-0.39, 0.29) is 11.9 Å². The summed E-state index contributed by atoms with van der Waals surface area (Å²) in [5, 5.41) is 2.84. The molecule has 1 unspecified atom stereocenters. The van der Waals surface area contributed by atoms with Crippen LogP contribution in [0.25, 0.3) is 0 Å². The van der Waals surface area contributed by atoms with Gasteiger partial charge in [0.2, 0.25) is 0 Å². The molecule has 17 heavy (non-hydrogen) atoms. The Labute approximate surface area is 102 Å². The van der Waals surface area contributed by atoms with Gasteiger partial charge in [-0.2, -0.15) is 0 Å². The van der Waals surface area contributed by atoms with Crippen molar-refractivity contribution in [2.75, 3.05) is 6.54 Å². The Bertz CT molecular complexity index is 403. The molecular weight excluding hydrogens is 212 g/mol. The average molecular weight is 230 g/mol. The summed E-state index contributed by atoms with van der Waals surface area (Å²) in [5.74, 6) is 2.43. The van der Waals surface area contributed by atoms with E-state index < -0.39 is 0 Å². The van der Waals surface area contributed by atoms with Gasteiger partial charge in [-0.1, -0.05) is 12.1 Å². The third kappa shape index (κ3) is 4.29. The topological polar surface area (TPSA) is 55.1 Å². The normalized spacial score (nSPS) is 11.6. The SMILES string of the molecule is C#CCC(C)NC(=O)c1ccc(CCN)cc1. The monoisotopic (exact) mass is 230 g/mol. The first-order chi connectivity index (χ1) is 8.17. The molecule has 1 amide bonds. The van der Waals surface area contributed by atoms with Crippen LogP contribution >= 0.6 is 0 Å².